The molecule has 0 spiro atoms. The highest BCUT2D eigenvalue weighted by Crippen LogP contribution is 2.20. The van der Waals surface area contributed by atoms with Crippen LogP contribution in [0.15, 0.2) is 40.4 Å². The normalized spacial score (nSPS) is 24.4. The van der Waals surface area contributed by atoms with E-state index in [2.05, 4.69) is 33.3 Å². The molecule has 0 saturated heterocycles. The van der Waals surface area contributed by atoms with E-state index in [0.717, 1.165) is 30.5 Å². The minimum absolute atomic E-state index is 0.0157. The Labute approximate surface area is 153 Å². The molecule has 1 aliphatic carbocycles. The molecule has 0 radical (unpaired) electrons. The Kier molecular flexibility index (Phi) is 5.99. The summed E-state index contributed by atoms with van der Waals surface area (Å²) in [6.45, 7) is 2.19. The van der Waals surface area contributed by atoms with E-state index < -0.39 is 6.04 Å². The SMILES string of the molecule is C[C@H]1CCCC(=NNC(=O)C[C@H]2N=C(Cc3ccccc3)NNC2=O)C1. The summed E-state index contributed by atoms with van der Waals surface area (Å²) >= 11 is 0. The highest BCUT2D eigenvalue weighted by molar-refractivity contribution is 5.97. The van der Waals surface area contributed by atoms with Crippen molar-refractivity contribution < 1.29 is 9.59 Å². The topological polar surface area (TPSA) is 94.9 Å². The van der Waals surface area contributed by atoms with Crippen LogP contribution in [0.5, 0.6) is 0 Å². The van der Waals surface area contributed by atoms with Gasteiger partial charge in [0.05, 0.1) is 6.42 Å². The molecule has 1 aromatic carbocycles. The first-order chi connectivity index (χ1) is 12.6. The van der Waals surface area contributed by atoms with Gasteiger partial charge in [0.1, 0.15) is 11.9 Å². The Morgan fingerprint density at radius 3 is 2.88 bits per heavy atom. The molecule has 1 saturated carbocycles. The molecule has 2 aliphatic rings. The summed E-state index contributed by atoms with van der Waals surface area (Å²) in [5.41, 5.74) is 10.1. The number of aliphatic imine (C=N–C) groups is 1. The second kappa shape index (κ2) is 8.60. The zero-order chi connectivity index (χ0) is 18.4. The lowest BCUT2D eigenvalue weighted by atomic mass is 9.89. The first-order valence-corrected chi connectivity index (χ1v) is 9.11. The van der Waals surface area contributed by atoms with Gasteiger partial charge in [-0.1, -0.05) is 37.3 Å². The Morgan fingerprint density at radius 2 is 2.12 bits per heavy atom. The largest absolute Gasteiger partial charge is 0.285 e. The molecule has 1 heterocycles. The number of amides is 2. The molecule has 2 amide bonds. The molecule has 138 valence electrons. The molecule has 3 rings (SSSR count). The van der Waals surface area contributed by atoms with Crippen molar-refractivity contribution in [2.75, 3.05) is 0 Å². The smallest absolute Gasteiger partial charge is 0.263 e. The Bertz CT molecular complexity index is 714. The number of rotatable bonds is 5. The number of hydrazine groups is 1. The minimum Gasteiger partial charge on any atom is -0.285 e. The number of carbonyl (C=O) groups is 2. The second-order valence-electron chi connectivity index (χ2n) is 6.99. The van der Waals surface area contributed by atoms with Gasteiger partial charge in [-0.3, -0.25) is 25.4 Å². The van der Waals surface area contributed by atoms with Gasteiger partial charge < -0.3 is 0 Å². The molecule has 26 heavy (non-hydrogen) atoms. The average molecular weight is 355 g/mol. The van der Waals surface area contributed by atoms with Gasteiger partial charge in [-0.25, -0.2) is 5.43 Å². The van der Waals surface area contributed by atoms with Gasteiger partial charge in [-0.15, -0.1) is 0 Å². The molecular weight excluding hydrogens is 330 g/mol. The molecule has 1 fully saturated rings. The zero-order valence-electron chi connectivity index (χ0n) is 15.0. The van der Waals surface area contributed by atoms with Crippen molar-refractivity contribution in [3.8, 4) is 0 Å². The first kappa shape index (κ1) is 18.1. The number of benzene rings is 1. The number of carbonyl (C=O) groups excluding carboxylic acids is 2. The van der Waals surface area contributed by atoms with Gasteiger partial charge in [0.15, 0.2) is 0 Å². The first-order valence-electron chi connectivity index (χ1n) is 9.11. The summed E-state index contributed by atoms with van der Waals surface area (Å²) in [6, 6.07) is 9.10. The van der Waals surface area contributed by atoms with E-state index in [1.165, 1.54) is 6.42 Å². The minimum atomic E-state index is -0.736. The average Bonchev–Trinajstić information content (AvgIpc) is 2.64. The van der Waals surface area contributed by atoms with Crippen molar-refractivity contribution >= 4 is 23.4 Å². The van der Waals surface area contributed by atoms with E-state index in [-0.39, 0.29) is 18.2 Å². The van der Waals surface area contributed by atoms with E-state index >= 15 is 0 Å². The van der Waals surface area contributed by atoms with Crippen LogP contribution in [0.2, 0.25) is 0 Å². The van der Waals surface area contributed by atoms with E-state index in [4.69, 9.17) is 0 Å². The van der Waals surface area contributed by atoms with Crippen molar-refractivity contribution in [3.05, 3.63) is 35.9 Å². The maximum atomic E-state index is 12.2. The fourth-order valence-corrected chi connectivity index (χ4v) is 3.24. The second-order valence-corrected chi connectivity index (χ2v) is 6.99. The molecule has 0 aromatic heterocycles. The third-order valence-electron chi connectivity index (χ3n) is 4.62. The number of nitrogens with one attached hydrogen (secondary N) is 3. The van der Waals surface area contributed by atoms with Crippen molar-refractivity contribution in [2.45, 2.75) is 51.5 Å². The third-order valence-corrected chi connectivity index (χ3v) is 4.62. The molecule has 1 aliphatic heterocycles. The monoisotopic (exact) mass is 355 g/mol. The number of hydrogen-bond acceptors (Lipinski definition) is 5. The van der Waals surface area contributed by atoms with Gasteiger partial charge >= 0.3 is 0 Å². The van der Waals surface area contributed by atoms with Crippen LogP contribution in [-0.2, 0) is 16.0 Å². The highest BCUT2D eigenvalue weighted by atomic mass is 16.2. The standard InChI is InChI=1S/C19H25N5O2/c1-13-6-5-9-15(10-13)21-23-18(25)12-16-19(26)24-22-17(20-16)11-14-7-3-2-4-8-14/h2-4,7-8,13,16H,5-6,9-12H2,1H3,(H,20,22)(H,23,25)(H,24,26)/t13-,16+/m0/s1. The Morgan fingerprint density at radius 1 is 1.31 bits per heavy atom. The maximum Gasteiger partial charge on any atom is 0.263 e. The number of nitrogens with zero attached hydrogens (tertiary/aromatic N) is 2. The van der Waals surface area contributed by atoms with Crippen LogP contribution < -0.4 is 16.3 Å². The van der Waals surface area contributed by atoms with Crippen LogP contribution in [0, 0.1) is 5.92 Å². The summed E-state index contributed by atoms with van der Waals surface area (Å²) in [5, 5.41) is 4.23. The number of hydrogen-bond donors (Lipinski definition) is 3. The van der Waals surface area contributed by atoms with Crippen molar-refractivity contribution in [1.29, 1.82) is 0 Å². The third kappa shape index (κ3) is 5.15. The van der Waals surface area contributed by atoms with Gasteiger partial charge in [0.2, 0.25) is 5.91 Å². The van der Waals surface area contributed by atoms with E-state index in [0.29, 0.717) is 18.2 Å². The van der Waals surface area contributed by atoms with E-state index in [1.807, 2.05) is 30.3 Å². The lowest BCUT2D eigenvalue weighted by molar-refractivity contribution is -0.128. The fourth-order valence-electron chi connectivity index (χ4n) is 3.24. The van der Waals surface area contributed by atoms with Crippen molar-refractivity contribution in [3.63, 3.8) is 0 Å². The Balaban J connectivity index is 1.56. The number of hydrazone groups is 1. The predicted octanol–water partition coefficient (Wildman–Crippen LogP) is 1.70. The van der Waals surface area contributed by atoms with Gasteiger partial charge in [0, 0.05) is 12.1 Å². The van der Waals surface area contributed by atoms with Gasteiger partial charge in [-0.05, 0) is 37.2 Å². The van der Waals surface area contributed by atoms with E-state index in [9.17, 15) is 9.59 Å². The molecule has 0 bridgehead atoms. The lowest BCUT2D eigenvalue weighted by Gasteiger charge is -2.22. The van der Waals surface area contributed by atoms with Crippen LogP contribution in [0.1, 0.15) is 44.6 Å². The van der Waals surface area contributed by atoms with Crippen molar-refractivity contribution in [2.24, 2.45) is 16.0 Å². The van der Waals surface area contributed by atoms with Crippen LogP contribution in [0.4, 0.5) is 0 Å². The summed E-state index contributed by atoms with van der Waals surface area (Å²) in [7, 11) is 0. The fraction of sp³-hybridized carbons (Fsp3) is 0.474. The molecule has 0 unspecified atom stereocenters. The quantitative estimate of drug-likeness (QED) is 0.702. The van der Waals surface area contributed by atoms with Crippen molar-refractivity contribution in [1.82, 2.24) is 16.3 Å². The zero-order valence-corrected chi connectivity index (χ0v) is 15.0. The van der Waals surface area contributed by atoms with Gasteiger partial charge in [-0.2, -0.15) is 5.10 Å². The summed E-state index contributed by atoms with van der Waals surface area (Å²) < 4.78 is 0. The van der Waals surface area contributed by atoms with Crippen LogP contribution in [0.3, 0.4) is 0 Å². The molecule has 1 aromatic rings. The summed E-state index contributed by atoms with van der Waals surface area (Å²) in [5.74, 6) is 0.650. The van der Waals surface area contributed by atoms with Crippen LogP contribution in [-0.4, -0.2) is 29.4 Å². The number of amidine groups is 1. The predicted molar refractivity (Wildman–Crippen MR) is 100 cm³/mol. The molecule has 3 N–H and O–H groups in total. The molecular formula is C19H25N5O2. The van der Waals surface area contributed by atoms with Gasteiger partial charge in [0.25, 0.3) is 5.91 Å². The molecule has 7 heteroatoms. The molecule has 7 nitrogen and oxygen atoms in total. The maximum absolute atomic E-state index is 12.2. The van der Waals surface area contributed by atoms with E-state index in [1.54, 1.807) is 0 Å². The highest BCUT2D eigenvalue weighted by Gasteiger charge is 2.26. The summed E-state index contributed by atoms with van der Waals surface area (Å²) in [6.07, 6.45) is 4.73. The molecule has 2 atom stereocenters. The van der Waals surface area contributed by atoms with Crippen LogP contribution >= 0.6 is 0 Å². The Hall–Kier alpha value is -2.70. The lowest BCUT2D eigenvalue weighted by Crippen LogP contribution is -2.52. The van der Waals surface area contributed by atoms with Crippen LogP contribution in [0.25, 0.3) is 0 Å². The summed E-state index contributed by atoms with van der Waals surface area (Å²) in [4.78, 5) is 28.5.